The first-order chi connectivity index (χ1) is 10.7. The summed E-state index contributed by atoms with van der Waals surface area (Å²) in [4.78, 5) is 12.0. The maximum absolute atomic E-state index is 12.0. The zero-order valence-corrected chi connectivity index (χ0v) is 13.2. The number of nitrogens with one attached hydrogen (secondary N) is 1. The van der Waals surface area contributed by atoms with Gasteiger partial charge < -0.3 is 14.8 Å². The van der Waals surface area contributed by atoms with Gasteiger partial charge in [-0.2, -0.15) is 0 Å². The predicted octanol–water partition coefficient (Wildman–Crippen LogP) is 2.98. The van der Waals surface area contributed by atoms with Crippen LogP contribution in [0.15, 0.2) is 42.5 Å². The molecule has 0 fully saturated rings. The third kappa shape index (κ3) is 3.79. The molecule has 2 aromatic carbocycles. The van der Waals surface area contributed by atoms with Crippen LogP contribution in [0.2, 0.25) is 0 Å². The van der Waals surface area contributed by atoms with E-state index in [4.69, 9.17) is 9.47 Å². The Bertz CT molecular complexity index is 638. The smallest absolute Gasteiger partial charge is 0.251 e. The highest BCUT2D eigenvalue weighted by atomic mass is 16.5. The predicted molar refractivity (Wildman–Crippen MR) is 86.8 cm³/mol. The molecule has 0 saturated heterocycles. The minimum absolute atomic E-state index is 0.0567. The van der Waals surface area contributed by atoms with Crippen molar-refractivity contribution in [3.8, 4) is 11.5 Å². The molecule has 22 heavy (non-hydrogen) atoms. The molecule has 0 aliphatic rings. The van der Waals surface area contributed by atoms with Crippen molar-refractivity contribution in [1.29, 1.82) is 0 Å². The van der Waals surface area contributed by atoms with E-state index in [1.54, 1.807) is 26.4 Å². The molecule has 2 rings (SSSR count). The second kappa shape index (κ2) is 7.50. The maximum Gasteiger partial charge on any atom is 0.251 e. The summed E-state index contributed by atoms with van der Waals surface area (Å²) in [5.41, 5.74) is 2.92. The monoisotopic (exact) mass is 299 g/mol. The number of hydrogen-bond donors (Lipinski definition) is 1. The summed E-state index contributed by atoms with van der Waals surface area (Å²) in [5, 5.41) is 2.93. The summed E-state index contributed by atoms with van der Waals surface area (Å²) < 4.78 is 10.6. The van der Waals surface area contributed by atoms with Crippen molar-refractivity contribution < 1.29 is 14.3 Å². The largest absolute Gasteiger partial charge is 0.493 e. The second-order valence-electron chi connectivity index (χ2n) is 5.01. The fourth-order valence-corrected chi connectivity index (χ4v) is 2.29. The number of rotatable bonds is 6. The van der Waals surface area contributed by atoms with Gasteiger partial charge in [-0.05, 0) is 48.7 Å². The number of hydrogen-bond acceptors (Lipinski definition) is 3. The van der Waals surface area contributed by atoms with Crippen molar-refractivity contribution in [2.75, 3.05) is 20.8 Å². The average molecular weight is 299 g/mol. The number of carbonyl (C=O) groups is 1. The number of carbonyl (C=O) groups excluding carboxylic acids is 1. The summed E-state index contributed by atoms with van der Waals surface area (Å²) in [5.74, 6) is 1.37. The maximum atomic E-state index is 12.0. The van der Waals surface area contributed by atoms with Crippen molar-refractivity contribution in [1.82, 2.24) is 5.32 Å². The van der Waals surface area contributed by atoms with Crippen molar-refractivity contribution in [3.63, 3.8) is 0 Å². The molecular formula is C18H21NO3. The molecule has 0 radical (unpaired) electrons. The topological polar surface area (TPSA) is 47.6 Å². The van der Waals surface area contributed by atoms with Gasteiger partial charge in [0.2, 0.25) is 0 Å². The summed E-state index contributed by atoms with van der Waals surface area (Å²) in [6.07, 6.45) is 0.741. The Kier molecular flexibility index (Phi) is 5.42. The standard InChI is InChI=1S/C18H21NO3/c1-13-11-16(21-2)17(22-3)12-15(13)9-10-19-18(20)14-7-5-4-6-8-14/h4-8,11-12H,9-10H2,1-3H3,(H,19,20). The molecule has 0 heterocycles. The molecule has 0 bridgehead atoms. The lowest BCUT2D eigenvalue weighted by molar-refractivity contribution is 0.0954. The van der Waals surface area contributed by atoms with Crippen LogP contribution in [0.1, 0.15) is 21.5 Å². The molecule has 1 N–H and O–H groups in total. The molecule has 0 aromatic heterocycles. The van der Waals surface area contributed by atoms with Gasteiger partial charge in [0.15, 0.2) is 11.5 Å². The lowest BCUT2D eigenvalue weighted by Gasteiger charge is -2.13. The Labute approximate surface area is 131 Å². The van der Waals surface area contributed by atoms with Crippen LogP contribution in [0.4, 0.5) is 0 Å². The Hall–Kier alpha value is -2.49. The van der Waals surface area contributed by atoms with Gasteiger partial charge in [-0.3, -0.25) is 4.79 Å². The first-order valence-corrected chi connectivity index (χ1v) is 7.20. The molecule has 2 aromatic rings. The Morgan fingerprint density at radius 3 is 2.32 bits per heavy atom. The van der Waals surface area contributed by atoms with Crippen LogP contribution in [0.3, 0.4) is 0 Å². The highest BCUT2D eigenvalue weighted by Crippen LogP contribution is 2.30. The van der Waals surface area contributed by atoms with Gasteiger partial charge in [-0.1, -0.05) is 18.2 Å². The molecule has 0 atom stereocenters. The fraction of sp³-hybridized carbons (Fsp3) is 0.278. The van der Waals surface area contributed by atoms with E-state index in [0.717, 1.165) is 23.3 Å². The van der Waals surface area contributed by atoms with Crippen LogP contribution >= 0.6 is 0 Å². The number of ether oxygens (including phenoxy) is 2. The summed E-state index contributed by atoms with van der Waals surface area (Å²) in [7, 11) is 3.24. The zero-order valence-electron chi connectivity index (χ0n) is 13.2. The average Bonchev–Trinajstić information content (AvgIpc) is 2.56. The van der Waals surface area contributed by atoms with Crippen molar-refractivity contribution in [2.24, 2.45) is 0 Å². The van der Waals surface area contributed by atoms with Gasteiger partial charge in [0, 0.05) is 12.1 Å². The van der Waals surface area contributed by atoms with Crippen LogP contribution in [0, 0.1) is 6.92 Å². The number of methoxy groups -OCH3 is 2. The number of benzene rings is 2. The first-order valence-electron chi connectivity index (χ1n) is 7.20. The van der Waals surface area contributed by atoms with Gasteiger partial charge in [-0.25, -0.2) is 0 Å². The first kappa shape index (κ1) is 15.9. The van der Waals surface area contributed by atoms with Crippen molar-refractivity contribution >= 4 is 5.91 Å². The van der Waals surface area contributed by atoms with E-state index in [9.17, 15) is 4.79 Å². The second-order valence-corrected chi connectivity index (χ2v) is 5.01. The van der Waals surface area contributed by atoms with E-state index < -0.39 is 0 Å². The number of amides is 1. The van der Waals surface area contributed by atoms with E-state index in [1.807, 2.05) is 37.3 Å². The molecule has 0 unspecified atom stereocenters. The molecule has 4 nitrogen and oxygen atoms in total. The molecule has 0 aliphatic heterocycles. The van der Waals surface area contributed by atoms with Gasteiger partial charge in [-0.15, -0.1) is 0 Å². The lowest BCUT2D eigenvalue weighted by atomic mass is 10.0. The summed E-state index contributed by atoms with van der Waals surface area (Å²) in [6, 6.07) is 13.1. The Morgan fingerprint density at radius 1 is 1.05 bits per heavy atom. The van der Waals surface area contributed by atoms with E-state index in [0.29, 0.717) is 17.9 Å². The Balaban J connectivity index is 1.98. The molecular weight excluding hydrogens is 278 g/mol. The van der Waals surface area contributed by atoms with E-state index in [2.05, 4.69) is 5.32 Å². The van der Waals surface area contributed by atoms with E-state index in [-0.39, 0.29) is 5.91 Å². The minimum Gasteiger partial charge on any atom is -0.493 e. The summed E-state index contributed by atoms with van der Waals surface area (Å²) in [6.45, 7) is 2.60. The zero-order chi connectivity index (χ0) is 15.9. The lowest BCUT2D eigenvalue weighted by Crippen LogP contribution is -2.25. The van der Waals surface area contributed by atoms with Crippen molar-refractivity contribution in [3.05, 3.63) is 59.2 Å². The van der Waals surface area contributed by atoms with Crippen molar-refractivity contribution in [2.45, 2.75) is 13.3 Å². The van der Waals surface area contributed by atoms with Crippen LogP contribution in [-0.4, -0.2) is 26.7 Å². The summed E-state index contributed by atoms with van der Waals surface area (Å²) >= 11 is 0. The van der Waals surface area contributed by atoms with Gasteiger partial charge in [0.25, 0.3) is 5.91 Å². The SMILES string of the molecule is COc1cc(C)c(CCNC(=O)c2ccccc2)cc1OC. The quantitative estimate of drug-likeness (QED) is 0.892. The molecule has 0 saturated carbocycles. The van der Waals surface area contributed by atoms with Crippen LogP contribution < -0.4 is 14.8 Å². The van der Waals surface area contributed by atoms with E-state index in [1.165, 1.54) is 0 Å². The molecule has 1 amide bonds. The normalized spacial score (nSPS) is 10.1. The van der Waals surface area contributed by atoms with Crippen LogP contribution in [0.5, 0.6) is 11.5 Å². The van der Waals surface area contributed by atoms with Crippen LogP contribution in [-0.2, 0) is 6.42 Å². The number of aryl methyl sites for hydroxylation is 1. The minimum atomic E-state index is -0.0567. The van der Waals surface area contributed by atoms with E-state index >= 15 is 0 Å². The fourth-order valence-electron chi connectivity index (χ4n) is 2.29. The van der Waals surface area contributed by atoms with Gasteiger partial charge >= 0.3 is 0 Å². The van der Waals surface area contributed by atoms with Gasteiger partial charge in [0.05, 0.1) is 14.2 Å². The highest BCUT2D eigenvalue weighted by molar-refractivity contribution is 5.94. The molecule has 0 spiro atoms. The molecule has 4 heteroatoms. The molecule has 116 valence electrons. The van der Waals surface area contributed by atoms with Gasteiger partial charge in [0.1, 0.15) is 0 Å². The Morgan fingerprint density at radius 2 is 1.68 bits per heavy atom. The third-order valence-electron chi connectivity index (χ3n) is 3.56. The highest BCUT2D eigenvalue weighted by Gasteiger charge is 2.09. The van der Waals surface area contributed by atoms with Crippen LogP contribution in [0.25, 0.3) is 0 Å². The third-order valence-corrected chi connectivity index (χ3v) is 3.56. The molecule has 0 aliphatic carbocycles.